The fraction of sp³-hybridized carbons (Fsp3) is 0.353. The molecule has 0 bridgehead atoms. The summed E-state index contributed by atoms with van der Waals surface area (Å²) in [5.41, 5.74) is -0.660. The van der Waals surface area contributed by atoms with Gasteiger partial charge in [0.05, 0.1) is 24.9 Å². The lowest BCUT2D eigenvalue weighted by Crippen LogP contribution is -2.31. The monoisotopic (exact) mass is 370 g/mol. The molecule has 2 aromatic rings. The molecule has 0 aliphatic heterocycles. The van der Waals surface area contributed by atoms with Crippen LogP contribution in [0.4, 0.5) is 18.9 Å². The molecule has 1 atom stereocenters. The van der Waals surface area contributed by atoms with Gasteiger partial charge in [-0.2, -0.15) is 13.2 Å². The topological polar surface area (TPSA) is 77.5 Å². The van der Waals surface area contributed by atoms with Gasteiger partial charge in [-0.1, -0.05) is 18.2 Å². The Kier molecular flexibility index (Phi) is 5.69. The molecule has 1 aromatic heterocycles. The summed E-state index contributed by atoms with van der Waals surface area (Å²) in [7, 11) is 1.11. The predicted octanol–water partition coefficient (Wildman–Crippen LogP) is 3.35. The number of anilines is 1. The number of esters is 1. The molecule has 0 saturated carbocycles. The molecular weight excluding hydrogens is 353 g/mol. The number of nitrogens with zero attached hydrogens (tertiary/aromatic N) is 1. The third-order valence-corrected chi connectivity index (χ3v) is 3.54. The second-order valence-electron chi connectivity index (χ2n) is 5.33. The van der Waals surface area contributed by atoms with Crippen LogP contribution in [-0.2, 0) is 9.53 Å². The van der Waals surface area contributed by atoms with Crippen LogP contribution in [0.2, 0.25) is 0 Å². The van der Waals surface area contributed by atoms with Gasteiger partial charge < -0.3 is 14.8 Å². The summed E-state index contributed by atoms with van der Waals surface area (Å²) >= 11 is 0. The van der Waals surface area contributed by atoms with Gasteiger partial charge >= 0.3 is 12.1 Å². The number of fused-ring (bicyclic) bond motifs is 1. The quantitative estimate of drug-likeness (QED) is 0.621. The summed E-state index contributed by atoms with van der Waals surface area (Å²) in [6, 6.07) is 5.27. The van der Waals surface area contributed by atoms with E-state index in [0.29, 0.717) is 5.52 Å². The number of pyridine rings is 1. The summed E-state index contributed by atoms with van der Waals surface area (Å²) in [6.07, 6.45) is -5.14. The molecule has 1 heterocycles. The number of alkyl halides is 3. The minimum Gasteiger partial charge on any atom is -0.480 e. The van der Waals surface area contributed by atoms with Crippen molar-refractivity contribution < 1.29 is 32.2 Å². The highest BCUT2D eigenvalue weighted by atomic mass is 19.4. The standard InChI is InChI=1S/C17H17F3N2O4/c1-4-26-16(24)9(2)21-13-10-7-5-6-8-11(10)22-15(25-3)12(13)14(23)17(18,19)20/h5-9H,4H2,1-3H3,(H,21,22). The van der Waals surface area contributed by atoms with Gasteiger partial charge in [0, 0.05) is 5.39 Å². The molecule has 6 nitrogen and oxygen atoms in total. The number of carbonyl (C=O) groups is 2. The van der Waals surface area contributed by atoms with Crippen molar-refractivity contribution in [3.8, 4) is 5.88 Å². The van der Waals surface area contributed by atoms with Crippen molar-refractivity contribution in [1.29, 1.82) is 0 Å². The minimum absolute atomic E-state index is 0.111. The van der Waals surface area contributed by atoms with Crippen molar-refractivity contribution in [2.75, 3.05) is 19.0 Å². The lowest BCUT2D eigenvalue weighted by molar-refractivity contribution is -0.143. The van der Waals surface area contributed by atoms with Crippen molar-refractivity contribution >= 4 is 28.3 Å². The second-order valence-corrected chi connectivity index (χ2v) is 5.33. The predicted molar refractivity (Wildman–Crippen MR) is 88.4 cm³/mol. The van der Waals surface area contributed by atoms with Crippen LogP contribution in [-0.4, -0.2) is 42.7 Å². The van der Waals surface area contributed by atoms with E-state index in [0.717, 1.165) is 7.11 Å². The summed E-state index contributed by atoms with van der Waals surface area (Å²) in [5.74, 6) is -3.27. The smallest absolute Gasteiger partial charge is 0.455 e. The molecule has 1 unspecified atom stereocenters. The average molecular weight is 370 g/mol. The van der Waals surface area contributed by atoms with E-state index in [1.165, 1.54) is 13.0 Å². The number of para-hydroxylation sites is 1. The van der Waals surface area contributed by atoms with E-state index < -0.39 is 35.4 Å². The number of Topliss-reactive ketones (excluding diaryl/α,β-unsaturated/α-hetero) is 1. The van der Waals surface area contributed by atoms with Gasteiger partial charge in [0.25, 0.3) is 5.78 Å². The highest BCUT2D eigenvalue weighted by Crippen LogP contribution is 2.37. The van der Waals surface area contributed by atoms with Gasteiger partial charge in [0.1, 0.15) is 11.6 Å². The number of nitrogens with one attached hydrogen (secondary N) is 1. The Labute approximate surface area is 147 Å². The van der Waals surface area contributed by atoms with Gasteiger partial charge in [-0.05, 0) is 19.9 Å². The summed E-state index contributed by atoms with van der Waals surface area (Å²) in [4.78, 5) is 27.8. The van der Waals surface area contributed by atoms with E-state index in [2.05, 4.69) is 10.3 Å². The van der Waals surface area contributed by atoms with Gasteiger partial charge in [0.2, 0.25) is 5.88 Å². The van der Waals surface area contributed by atoms with Crippen molar-refractivity contribution in [2.24, 2.45) is 0 Å². The average Bonchev–Trinajstić information content (AvgIpc) is 2.60. The number of ether oxygens (including phenoxy) is 2. The summed E-state index contributed by atoms with van der Waals surface area (Å²) in [5, 5.41) is 2.90. The van der Waals surface area contributed by atoms with Crippen LogP contribution in [0, 0.1) is 0 Å². The van der Waals surface area contributed by atoms with Crippen LogP contribution in [0.3, 0.4) is 0 Å². The van der Waals surface area contributed by atoms with Crippen LogP contribution in [0.1, 0.15) is 24.2 Å². The molecule has 2 rings (SSSR count). The molecule has 0 saturated heterocycles. The Morgan fingerprint density at radius 1 is 1.27 bits per heavy atom. The first-order valence-electron chi connectivity index (χ1n) is 7.72. The Morgan fingerprint density at radius 2 is 1.92 bits per heavy atom. The Bertz CT molecular complexity index is 837. The van der Waals surface area contributed by atoms with E-state index >= 15 is 0 Å². The highest BCUT2D eigenvalue weighted by Gasteiger charge is 2.43. The molecule has 1 aromatic carbocycles. The zero-order chi connectivity index (χ0) is 19.5. The maximum Gasteiger partial charge on any atom is 0.455 e. The lowest BCUT2D eigenvalue weighted by Gasteiger charge is -2.20. The number of methoxy groups -OCH3 is 1. The number of benzene rings is 1. The van der Waals surface area contributed by atoms with Crippen LogP contribution >= 0.6 is 0 Å². The molecule has 26 heavy (non-hydrogen) atoms. The van der Waals surface area contributed by atoms with Crippen LogP contribution in [0.15, 0.2) is 24.3 Å². The highest BCUT2D eigenvalue weighted by molar-refractivity contribution is 6.12. The van der Waals surface area contributed by atoms with E-state index in [9.17, 15) is 22.8 Å². The molecule has 0 amide bonds. The molecule has 0 spiro atoms. The van der Waals surface area contributed by atoms with Crippen molar-refractivity contribution in [3.63, 3.8) is 0 Å². The van der Waals surface area contributed by atoms with E-state index in [-0.39, 0.29) is 17.7 Å². The number of halogens is 3. The summed E-state index contributed by atoms with van der Waals surface area (Å²) < 4.78 is 49.1. The zero-order valence-corrected chi connectivity index (χ0v) is 14.3. The minimum atomic E-state index is -5.14. The Morgan fingerprint density at radius 3 is 2.50 bits per heavy atom. The first-order valence-corrected chi connectivity index (χ1v) is 7.72. The molecule has 0 radical (unpaired) electrons. The number of ketones is 1. The molecule has 1 N–H and O–H groups in total. The maximum atomic E-state index is 13.1. The molecule has 140 valence electrons. The van der Waals surface area contributed by atoms with Gasteiger partial charge in [-0.25, -0.2) is 9.78 Å². The van der Waals surface area contributed by atoms with Crippen molar-refractivity contribution in [2.45, 2.75) is 26.1 Å². The van der Waals surface area contributed by atoms with Crippen LogP contribution in [0.25, 0.3) is 10.9 Å². The molecular formula is C17H17F3N2O4. The molecule has 9 heteroatoms. The second kappa shape index (κ2) is 7.59. The third-order valence-electron chi connectivity index (χ3n) is 3.54. The Balaban J connectivity index is 2.70. The number of hydrogen-bond donors (Lipinski definition) is 1. The van der Waals surface area contributed by atoms with Crippen molar-refractivity contribution in [1.82, 2.24) is 4.98 Å². The number of aromatic nitrogens is 1. The molecule has 0 aliphatic rings. The van der Waals surface area contributed by atoms with Gasteiger partial charge in [0.15, 0.2) is 0 Å². The first kappa shape index (κ1) is 19.5. The normalized spacial score (nSPS) is 12.5. The zero-order valence-electron chi connectivity index (χ0n) is 14.3. The van der Waals surface area contributed by atoms with E-state index in [1.54, 1.807) is 25.1 Å². The van der Waals surface area contributed by atoms with Crippen molar-refractivity contribution in [3.05, 3.63) is 29.8 Å². The van der Waals surface area contributed by atoms with Gasteiger partial charge in [-0.3, -0.25) is 4.79 Å². The number of hydrogen-bond acceptors (Lipinski definition) is 6. The lowest BCUT2D eigenvalue weighted by atomic mass is 10.0. The third kappa shape index (κ3) is 3.87. The fourth-order valence-corrected chi connectivity index (χ4v) is 2.38. The largest absolute Gasteiger partial charge is 0.480 e. The Hall–Kier alpha value is -2.84. The van der Waals surface area contributed by atoms with Gasteiger partial charge in [-0.15, -0.1) is 0 Å². The van der Waals surface area contributed by atoms with E-state index in [4.69, 9.17) is 9.47 Å². The maximum absolute atomic E-state index is 13.1. The van der Waals surface area contributed by atoms with Crippen LogP contribution < -0.4 is 10.1 Å². The van der Waals surface area contributed by atoms with Crippen LogP contribution in [0.5, 0.6) is 5.88 Å². The molecule has 0 aliphatic carbocycles. The number of carbonyl (C=O) groups excluding carboxylic acids is 2. The molecule has 0 fully saturated rings. The SMILES string of the molecule is CCOC(=O)C(C)Nc1c(C(=O)C(F)(F)F)c(OC)nc2ccccc12. The first-order chi connectivity index (χ1) is 12.2. The summed E-state index contributed by atoms with van der Waals surface area (Å²) in [6.45, 7) is 3.13. The fourth-order valence-electron chi connectivity index (χ4n) is 2.38. The number of rotatable bonds is 6. The van der Waals surface area contributed by atoms with E-state index in [1.807, 2.05) is 0 Å².